The SMILES string of the molecule is CC(C)(C)OC=O.Fc1cc(OCc2ccccc2)cc(-c2ccccc2)c1. The van der Waals surface area contributed by atoms with Crippen LogP contribution in [0.25, 0.3) is 11.1 Å². The molecule has 3 aromatic carbocycles. The Hall–Kier alpha value is -3.14. The molecular weight excluding hydrogens is 355 g/mol. The summed E-state index contributed by atoms with van der Waals surface area (Å²) in [4.78, 5) is 9.60. The smallest absolute Gasteiger partial charge is 0.293 e. The molecule has 3 aromatic rings. The predicted octanol–water partition coefficient (Wildman–Crippen LogP) is 6.03. The second kappa shape index (κ2) is 10.3. The Morgan fingerprint density at radius 1 is 0.857 bits per heavy atom. The third kappa shape index (κ3) is 7.62. The van der Waals surface area contributed by atoms with E-state index >= 15 is 0 Å². The van der Waals surface area contributed by atoms with Crippen molar-refractivity contribution in [3.8, 4) is 16.9 Å². The van der Waals surface area contributed by atoms with E-state index in [9.17, 15) is 9.18 Å². The maximum Gasteiger partial charge on any atom is 0.293 e. The van der Waals surface area contributed by atoms with Gasteiger partial charge in [-0.25, -0.2) is 4.39 Å². The molecule has 0 bridgehead atoms. The minimum absolute atomic E-state index is 0.292. The van der Waals surface area contributed by atoms with Crippen LogP contribution in [0.3, 0.4) is 0 Å². The lowest BCUT2D eigenvalue weighted by Gasteiger charge is -2.14. The third-order valence-corrected chi connectivity index (χ3v) is 3.63. The fraction of sp³-hybridized carbons (Fsp3) is 0.208. The van der Waals surface area contributed by atoms with Crippen molar-refractivity contribution in [3.05, 3.63) is 90.2 Å². The highest BCUT2D eigenvalue weighted by Crippen LogP contribution is 2.26. The van der Waals surface area contributed by atoms with E-state index in [0.29, 0.717) is 18.8 Å². The number of hydrogen-bond donors (Lipinski definition) is 0. The average molecular weight is 380 g/mol. The molecule has 0 radical (unpaired) electrons. The second-order valence-corrected chi connectivity index (χ2v) is 7.14. The zero-order valence-corrected chi connectivity index (χ0v) is 16.4. The first-order chi connectivity index (χ1) is 13.4. The summed E-state index contributed by atoms with van der Waals surface area (Å²) in [7, 11) is 0. The summed E-state index contributed by atoms with van der Waals surface area (Å²) in [5, 5.41) is 0. The molecule has 0 aliphatic carbocycles. The Kier molecular flexibility index (Phi) is 7.76. The standard InChI is InChI=1S/C19H15FO.C5H10O2/c20-18-11-17(16-9-5-2-6-10-16)12-19(13-18)21-14-15-7-3-1-4-8-15;1-5(2,3)7-4-6/h1-13H,14H2;4H,1-3H3. The average Bonchev–Trinajstić information content (AvgIpc) is 2.67. The van der Waals surface area contributed by atoms with Crippen LogP contribution >= 0.6 is 0 Å². The molecule has 4 heteroatoms. The lowest BCUT2D eigenvalue weighted by molar-refractivity contribution is -0.138. The quantitative estimate of drug-likeness (QED) is 0.507. The van der Waals surface area contributed by atoms with Crippen LogP contribution in [0.5, 0.6) is 5.75 Å². The Morgan fingerprint density at radius 2 is 1.46 bits per heavy atom. The van der Waals surface area contributed by atoms with Crippen molar-refractivity contribution in [2.75, 3.05) is 0 Å². The summed E-state index contributed by atoms with van der Waals surface area (Å²) in [5.74, 6) is 0.247. The van der Waals surface area contributed by atoms with E-state index in [4.69, 9.17) is 4.74 Å². The molecule has 0 N–H and O–H groups in total. The zero-order valence-electron chi connectivity index (χ0n) is 16.4. The molecule has 0 saturated heterocycles. The summed E-state index contributed by atoms with van der Waals surface area (Å²) >= 11 is 0. The molecule has 0 amide bonds. The van der Waals surface area contributed by atoms with Gasteiger partial charge in [0.05, 0.1) is 0 Å². The maximum atomic E-state index is 13.8. The minimum atomic E-state index is -0.318. The van der Waals surface area contributed by atoms with Gasteiger partial charge in [-0.05, 0) is 49.6 Å². The van der Waals surface area contributed by atoms with Crippen LogP contribution in [0.4, 0.5) is 4.39 Å². The fourth-order valence-electron chi connectivity index (χ4n) is 2.33. The van der Waals surface area contributed by atoms with Gasteiger partial charge in [-0.2, -0.15) is 0 Å². The molecule has 0 aliphatic rings. The number of carbonyl (C=O) groups is 1. The molecule has 0 heterocycles. The van der Waals surface area contributed by atoms with Crippen LogP contribution in [-0.4, -0.2) is 12.1 Å². The fourth-order valence-corrected chi connectivity index (χ4v) is 2.33. The molecule has 3 rings (SSSR count). The number of benzene rings is 3. The number of rotatable bonds is 5. The van der Waals surface area contributed by atoms with Gasteiger partial charge >= 0.3 is 0 Å². The Balaban J connectivity index is 0.000000345. The van der Waals surface area contributed by atoms with Crippen LogP contribution in [0.2, 0.25) is 0 Å². The Morgan fingerprint density at radius 3 is 2.00 bits per heavy atom. The first-order valence-electron chi connectivity index (χ1n) is 9.01. The van der Waals surface area contributed by atoms with Gasteiger partial charge in [0.1, 0.15) is 23.8 Å². The molecule has 3 nitrogen and oxygen atoms in total. The van der Waals surface area contributed by atoms with Crippen molar-refractivity contribution in [3.63, 3.8) is 0 Å². The Bertz CT molecular complexity index is 856. The molecule has 0 aromatic heterocycles. The van der Waals surface area contributed by atoms with Gasteiger partial charge in [0, 0.05) is 6.07 Å². The van der Waals surface area contributed by atoms with Crippen LogP contribution in [-0.2, 0) is 16.1 Å². The molecule has 0 spiro atoms. The molecule has 28 heavy (non-hydrogen) atoms. The topological polar surface area (TPSA) is 35.5 Å². The lowest BCUT2D eigenvalue weighted by atomic mass is 10.1. The summed E-state index contributed by atoms with van der Waals surface area (Å²) < 4.78 is 24.0. The van der Waals surface area contributed by atoms with Crippen LogP contribution in [0, 0.1) is 5.82 Å². The summed E-state index contributed by atoms with van der Waals surface area (Å²) in [6.45, 7) is 6.35. The zero-order chi connectivity index (χ0) is 20.4. The maximum absolute atomic E-state index is 13.8. The van der Waals surface area contributed by atoms with Crippen molar-refractivity contribution >= 4 is 6.47 Å². The lowest BCUT2D eigenvalue weighted by Crippen LogP contribution is -2.17. The van der Waals surface area contributed by atoms with Crippen molar-refractivity contribution in [1.29, 1.82) is 0 Å². The molecule has 0 saturated carbocycles. The van der Waals surface area contributed by atoms with E-state index in [2.05, 4.69) is 4.74 Å². The molecule has 146 valence electrons. The number of ether oxygens (including phenoxy) is 2. The Labute approximate surface area is 165 Å². The second-order valence-electron chi connectivity index (χ2n) is 7.14. The van der Waals surface area contributed by atoms with Crippen molar-refractivity contribution in [2.24, 2.45) is 0 Å². The molecule has 0 fully saturated rings. The van der Waals surface area contributed by atoms with Gasteiger partial charge in [-0.15, -0.1) is 0 Å². The van der Waals surface area contributed by atoms with E-state index in [0.717, 1.165) is 16.7 Å². The molecule has 0 atom stereocenters. The van der Waals surface area contributed by atoms with Crippen LogP contribution in [0.1, 0.15) is 26.3 Å². The largest absolute Gasteiger partial charge is 0.489 e. The number of halogens is 1. The monoisotopic (exact) mass is 380 g/mol. The van der Waals surface area contributed by atoms with Gasteiger partial charge in [-0.3, -0.25) is 4.79 Å². The first kappa shape index (κ1) is 21.2. The first-order valence-corrected chi connectivity index (χ1v) is 9.01. The highest BCUT2D eigenvalue weighted by molar-refractivity contribution is 5.65. The van der Waals surface area contributed by atoms with Gasteiger partial charge < -0.3 is 9.47 Å². The van der Waals surface area contributed by atoms with E-state index < -0.39 is 0 Å². The predicted molar refractivity (Wildman–Crippen MR) is 110 cm³/mol. The number of carbonyl (C=O) groups excluding carboxylic acids is 1. The summed E-state index contributed by atoms with van der Waals surface area (Å²) in [5.41, 5.74) is 2.53. The van der Waals surface area contributed by atoms with E-state index in [1.165, 1.54) is 12.1 Å². The van der Waals surface area contributed by atoms with E-state index in [1.54, 1.807) is 0 Å². The number of hydrogen-bond acceptors (Lipinski definition) is 3. The van der Waals surface area contributed by atoms with Crippen LogP contribution < -0.4 is 4.74 Å². The van der Waals surface area contributed by atoms with E-state index in [-0.39, 0.29) is 11.4 Å². The molecule has 0 aliphatic heterocycles. The van der Waals surface area contributed by atoms with Gasteiger partial charge in [0.2, 0.25) is 0 Å². The van der Waals surface area contributed by atoms with Crippen LogP contribution in [0.15, 0.2) is 78.9 Å². The summed E-state index contributed by atoms with van der Waals surface area (Å²) in [6, 6.07) is 24.4. The normalized spacial score (nSPS) is 10.4. The van der Waals surface area contributed by atoms with Gasteiger partial charge in [0.15, 0.2) is 0 Å². The third-order valence-electron chi connectivity index (χ3n) is 3.63. The van der Waals surface area contributed by atoms with Crippen molar-refractivity contribution in [2.45, 2.75) is 33.0 Å². The van der Waals surface area contributed by atoms with E-state index in [1.807, 2.05) is 87.5 Å². The highest BCUT2D eigenvalue weighted by Gasteiger charge is 2.07. The minimum Gasteiger partial charge on any atom is -0.489 e. The van der Waals surface area contributed by atoms with Crippen molar-refractivity contribution < 1.29 is 18.7 Å². The van der Waals surface area contributed by atoms with Gasteiger partial charge in [-0.1, -0.05) is 60.7 Å². The highest BCUT2D eigenvalue weighted by atomic mass is 19.1. The van der Waals surface area contributed by atoms with Crippen molar-refractivity contribution in [1.82, 2.24) is 0 Å². The summed E-state index contributed by atoms with van der Waals surface area (Å²) in [6.07, 6.45) is 0. The molecular formula is C24H25FO3. The van der Waals surface area contributed by atoms with Gasteiger partial charge in [0.25, 0.3) is 6.47 Å². The molecule has 0 unspecified atom stereocenters.